The van der Waals surface area contributed by atoms with Gasteiger partial charge in [0.2, 0.25) is 0 Å². The zero-order chi connectivity index (χ0) is 22.3. The van der Waals surface area contributed by atoms with Crippen molar-refractivity contribution in [1.82, 2.24) is 5.43 Å². The molecule has 32 heavy (non-hydrogen) atoms. The average molecular weight is 460 g/mol. The molecule has 0 aliphatic carbocycles. The number of carbonyl (C=O) groups is 1. The van der Waals surface area contributed by atoms with Crippen molar-refractivity contribution in [2.75, 3.05) is 5.32 Å². The molecule has 0 spiro atoms. The zero-order valence-electron chi connectivity index (χ0n) is 16.8. The fourth-order valence-electron chi connectivity index (χ4n) is 3.12. The second-order valence-electron chi connectivity index (χ2n) is 6.76. The molecule has 0 aliphatic heterocycles. The van der Waals surface area contributed by atoms with Gasteiger partial charge in [-0.25, -0.2) is 4.79 Å². The number of fused-ring (bicyclic) bond motifs is 1. The van der Waals surface area contributed by atoms with Gasteiger partial charge in [-0.15, -0.1) is 0 Å². The third-order valence-electron chi connectivity index (χ3n) is 4.62. The highest BCUT2D eigenvalue weighted by Crippen LogP contribution is 2.28. The van der Waals surface area contributed by atoms with Crippen molar-refractivity contribution in [1.29, 1.82) is 0 Å². The summed E-state index contributed by atoms with van der Waals surface area (Å²) in [6.07, 6.45) is 1.58. The van der Waals surface area contributed by atoms with Crippen molar-refractivity contribution in [3.63, 3.8) is 0 Å². The molecule has 0 heterocycles. The van der Waals surface area contributed by atoms with Crippen LogP contribution in [0.2, 0.25) is 5.02 Å². The first kappa shape index (κ1) is 21.5. The Labute approximate surface area is 195 Å². The summed E-state index contributed by atoms with van der Waals surface area (Å²) in [7, 11) is 0. The van der Waals surface area contributed by atoms with Crippen molar-refractivity contribution < 1.29 is 9.53 Å². The number of hydrogen-bond acceptors (Lipinski definition) is 4. The SMILES string of the molecule is O=C(Oc1ccc2ccccc2c1/C=N/NC(=S)Nc1ccccc1)c1ccccc1Cl. The van der Waals surface area contributed by atoms with Crippen LogP contribution in [-0.2, 0) is 0 Å². The largest absolute Gasteiger partial charge is 0.422 e. The summed E-state index contributed by atoms with van der Waals surface area (Å²) in [5.41, 5.74) is 4.57. The van der Waals surface area contributed by atoms with Crippen molar-refractivity contribution in [3.8, 4) is 5.75 Å². The normalized spacial score (nSPS) is 10.8. The molecule has 0 atom stereocenters. The number of hydrazone groups is 1. The summed E-state index contributed by atoms with van der Waals surface area (Å²) in [5, 5.41) is 9.82. The first-order chi connectivity index (χ1) is 15.6. The third-order valence-corrected chi connectivity index (χ3v) is 5.14. The molecule has 158 valence electrons. The maximum Gasteiger partial charge on any atom is 0.345 e. The molecule has 0 aliphatic rings. The molecule has 5 nitrogen and oxygen atoms in total. The number of carbonyl (C=O) groups excluding carboxylic acids is 1. The van der Waals surface area contributed by atoms with Gasteiger partial charge in [0.25, 0.3) is 0 Å². The molecule has 7 heteroatoms. The maximum atomic E-state index is 12.7. The van der Waals surface area contributed by atoms with E-state index in [0.717, 1.165) is 16.5 Å². The van der Waals surface area contributed by atoms with Crippen LogP contribution in [0.15, 0.2) is 96.1 Å². The molecule has 2 N–H and O–H groups in total. The van der Waals surface area contributed by atoms with Crippen LogP contribution in [0.4, 0.5) is 5.69 Å². The third kappa shape index (κ3) is 5.11. The Kier molecular flexibility index (Phi) is 6.75. The maximum absolute atomic E-state index is 12.7. The minimum atomic E-state index is -0.547. The Balaban J connectivity index is 1.59. The van der Waals surface area contributed by atoms with Gasteiger partial charge in [-0.3, -0.25) is 5.43 Å². The summed E-state index contributed by atoms with van der Waals surface area (Å²) in [6, 6.07) is 27.7. The molecule has 0 aromatic heterocycles. The fraction of sp³-hybridized carbons (Fsp3) is 0. The highest BCUT2D eigenvalue weighted by Gasteiger charge is 2.15. The zero-order valence-corrected chi connectivity index (χ0v) is 18.4. The number of para-hydroxylation sites is 1. The Morgan fingerprint density at radius 2 is 1.62 bits per heavy atom. The van der Waals surface area contributed by atoms with Gasteiger partial charge in [0.05, 0.1) is 16.8 Å². The molecule has 4 aromatic rings. The molecule has 0 saturated carbocycles. The number of halogens is 1. The summed E-state index contributed by atoms with van der Waals surface area (Å²) >= 11 is 11.4. The van der Waals surface area contributed by atoms with E-state index in [4.69, 9.17) is 28.6 Å². The monoisotopic (exact) mass is 459 g/mol. The summed E-state index contributed by atoms with van der Waals surface area (Å²) in [6.45, 7) is 0. The van der Waals surface area contributed by atoms with Gasteiger partial charge >= 0.3 is 5.97 Å². The number of rotatable bonds is 5. The highest BCUT2D eigenvalue weighted by atomic mass is 35.5. The average Bonchev–Trinajstić information content (AvgIpc) is 2.81. The molecule has 0 saturated heterocycles. The molecule has 0 unspecified atom stereocenters. The predicted molar refractivity (Wildman–Crippen MR) is 134 cm³/mol. The van der Waals surface area contributed by atoms with Gasteiger partial charge in [-0.05, 0) is 53.3 Å². The smallest absolute Gasteiger partial charge is 0.345 e. The predicted octanol–water partition coefficient (Wildman–Crippen LogP) is 6.03. The van der Waals surface area contributed by atoms with Gasteiger partial charge in [0.1, 0.15) is 5.75 Å². The van der Waals surface area contributed by atoms with E-state index in [1.54, 1.807) is 36.5 Å². The lowest BCUT2D eigenvalue weighted by Gasteiger charge is -2.11. The topological polar surface area (TPSA) is 62.7 Å². The van der Waals surface area contributed by atoms with Crippen LogP contribution >= 0.6 is 23.8 Å². The molecule has 0 amide bonds. The molecule has 4 aromatic carbocycles. The van der Waals surface area contributed by atoms with Crippen molar-refractivity contribution in [2.45, 2.75) is 0 Å². The number of nitrogens with one attached hydrogen (secondary N) is 2. The van der Waals surface area contributed by atoms with E-state index in [-0.39, 0.29) is 5.56 Å². The first-order valence-electron chi connectivity index (χ1n) is 9.75. The number of esters is 1. The number of benzene rings is 4. The molecule has 0 bridgehead atoms. The molecular weight excluding hydrogens is 442 g/mol. The quantitative estimate of drug-likeness (QED) is 0.125. The Hall–Kier alpha value is -3.74. The number of anilines is 1. The minimum absolute atomic E-state index is 0.288. The van der Waals surface area contributed by atoms with E-state index in [1.165, 1.54) is 0 Å². The van der Waals surface area contributed by atoms with Gasteiger partial charge in [-0.1, -0.05) is 72.3 Å². The molecule has 0 radical (unpaired) electrons. The molecular formula is C25H18ClN3O2S. The lowest BCUT2D eigenvalue weighted by Crippen LogP contribution is -2.23. The summed E-state index contributed by atoms with van der Waals surface area (Å²) in [4.78, 5) is 12.7. The van der Waals surface area contributed by atoms with Gasteiger partial charge in [0, 0.05) is 11.3 Å². The van der Waals surface area contributed by atoms with Crippen LogP contribution in [0.25, 0.3) is 10.8 Å². The van der Waals surface area contributed by atoms with Crippen LogP contribution in [0.3, 0.4) is 0 Å². The Bertz CT molecular complexity index is 1310. The summed E-state index contributed by atoms with van der Waals surface area (Å²) in [5.74, 6) is -0.184. The minimum Gasteiger partial charge on any atom is -0.422 e. The first-order valence-corrected chi connectivity index (χ1v) is 10.5. The van der Waals surface area contributed by atoms with Crippen molar-refractivity contribution >= 4 is 57.6 Å². The Morgan fingerprint density at radius 1 is 0.906 bits per heavy atom. The van der Waals surface area contributed by atoms with Crippen LogP contribution in [0.5, 0.6) is 5.75 Å². The Morgan fingerprint density at radius 3 is 2.44 bits per heavy atom. The van der Waals surface area contributed by atoms with E-state index >= 15 is 0 Å². The van der Waals surface area contributed by atoms with Crippen molar-refractivity contribution in [3.05, 3.63) is 107 Å². The number of hydrogen-bond donors (Lipinski definition) is 2. The van der Waals surface area contributed by atoms with E-state index in [2.05, 4.69) is 15.8 Å². The highest BCUT2D eigenvalue weighted by molar-refractivity contribution is 7.80. The van der Waals surface area contributed by atoms with Crippen LogP contribution in [0, 0.1) is 0 Å². The second-order valence-corrected chi connectivity index (χ2v) is 7.57. The van der Waals surface area contributed by atoms with Crippen LogP contribution in [-0.4, -0.2) is 17.3 Å². The number of thiocarbonyl (C=S) groups is 1. The fourth-order valence-corrected chi connectivity index (χ4v) is 3.50. The molecule has 4 rings (SSSR count). The van der Waals surface area contributed by atoms with Crippen molar-refractivity contribution in [2.24, 2.45) is 5.10 Å². The lowest BCUT2D eigenvalue weighted by atomic mass is 10.0. The standard InChI is InChI=1S/C25H18ClN3O2S/c26-22-13-7-6-12-20(22)24(30)31-23-15-14-17-8-4-5-11-19(17)21(23)16-27-29-25(32)28-18-9-2-1-3-10-18/h1-16H,(H2,28,29,32)/b27-16+. The van der Waals surface area contributed by atoms with E-state index in [1.807, 2.05) is 60.7 Å². The molecule has 0 fully saturated rings. The van der Waals surface area contributed by atoms with E-state index < -0.39 is 5.97 Å². The second kappa shape index (κ2) is 10.0. The number of nitrogens with zero attached hydrogens (tertiary/aromatic N) is 1. The van der Waals surface area contributed by atoms with Crippen LogP contribution < -0.4 is 15.5 Å². The summed E-state index contributed by atoms with van der Waals surface area (Å²) < 4.78 is 5.68. The lowest BCUT2D eigenvalue weighted by molar-refractivity contribution is 0.0735. The van der Waals surface area contributed by atoms with E-state index in [9.17, 15) is 4.79 Å². The van der Waals surface area contributed by atoms with Crippen LogP contribution in [0.1, 0.15) is 15.9 Å². The van der Waals surface area contributed by atoms with Gasteiger partial charge in [-0.2, -0.15) is 5.10 Å². The van der Waals surface area contributed by atoms with E-state index in [0.29, 0.717) is 21.4 Å². The van der Waals surface area contributed by atoms with Gasteiger partial charge in [0.15, 0.2) is 5.11 Å². The van der Waals surface area contributed by atoms with Gasteiger partial charge < -0.3 is 10.1 Å². The number of ether oxygens (including phenoxy) is 1.